The first-order chi connectivity index (χ1) is 16.8. The summed E-state index contributed by atoms with van der Waals surface area (Å²) in [5.41, 5.74) is 3.91. The number of halogens is 1. The lowest BCUT2D eigenvalue weighted by Gasteiger charge is -2.38. The van der Waals surface area contributed by atoms with Gasteiger partial charge in [0.2, 0.25) is 5.91 Å². The summed E-state index contributed by atoms with van der Waals surface area (Å²) in [5, 5.41) is 2.98. The first-order valence-electron chi connectivity index (χ1n) is 12.2. The Kier molecular flexibility index (Phi) is 7.63. The molecular weight excluding hydrogens is 443 g/mol. The van der Waals surface area contributed by atoms with Crippen LogP contribution in [0.15, 0.2) is 55.1 Å². The van der Waals surface area contributed by atoms with E-state index in [1.165, 1.54) is 6.07 Å². The Morgan fingerprint density at radius 1 is 1.20 bits per heavy atom. The molecule has 35 heavy (non-hydrogen) atoms. The molecule has 184 valence electrons. The number of rotatable bonds is 8. The first-order valence-corrected chi connectivity index (χ1v) is 12.2. The van der Waals surface area contributed by atoms with Crippen molar-refractivity contribution in [3.63, 3.8) is 0 Å². The molecule has 1 aliphatic heterocycles. The van der Waals surface area contributed by atoms with E-state index in [0.717, 1.165) is 36.2 Å². The molecule has 0 aliphatic carbocycles. The number of hydrogen-bond donors (Lipinski definition) is 1. The van der Waals surface area contributed by atoms with Gasteiger partial charge in [-0.15, -0.1) is 0 Å². The van der Waals surface area contributed by atoms with E-state index in [1.54, 1.807) is 18.6 Å². The number of anilines is 1. The van der Waals surface area contributed by atoms with Crippen LogP contribution in [0.5, 0.6) is 0 Å². The molecule has 0 unspecified atom stereocenters. The average Bonchev–Trinajstić information content (AvgIpc) is 3.34. The number of benzene rings is 2. The van der Waals surface area contributed by atoms with Gasteiger partial charge in [0, 0.05) is 49.2 Å². The summed E-state index contributed by atoms with van der Waals surface area (Å²) in [6.07, 6.45) is 7.54. The third-order valence-corrected chi connectivity index (χ3v) is 6.74. The van der Waals surface area contributed by atoms with Crippen LogP contribution in [0.3, 0.4) is 0 Å². The van der Waals surface area contributed by atoms with E-state index < -0.39 is 0 Å². The number of carbonyl (C=O) groups is 2. The highest BCUT2D eigenvalue weighted by atomic mass is 19.1. The van der Waals surface area contributed by atoms with Gasteiger partial charge in [0.05, 0.1) is 6.33 Å². The summed E-state index contributed by atoms with van der Waals surface area (Å²) in [7, 11) is 0. The van der Waals surface area contributed by atoms with E-state index in [2.05, 4.69) is 10.3 Å². The Balaban J connectivity index is 1.45. The topological polar surface area (TPSA) is 67.2 Å². The summed E-state index contributed by atoms with van der Waals surface area (Å²) >= 11 is 0. The van der Waals surface area contributed by atoms with Crippen LogP contribution >= 0.6 is 0 Å². The van der Waals surface area contributed by atoms with Crippen LogP contribution < -0.4 is 10.2 Å². The molecule has 1 N–H and O–H groups in total. The molecular formula is C28H33FN4O2. The van der Waals surface area contributed by atoms with Crippen molar-refractivity contribution < 1.29 is 14.0 Å². The normalized spacial score (nSPS) is 18.1. The van der Waals surface area contributed by atoms with Crippen LogP contribution in [0.1, 0.15) is 46.8 Å². The molecule has 2 amide bonds. The quantitative estimate of drug-likeness (QED) is 0.480. The molecule has 2 aromatic carbocycles. The molecule has 0 spiro atoms. The lowest BCUT2D eigenvalue weighted by Crippen LogP contribution is -2.46. The van der Waals surface area contributed by atoms with Gasteiger partial charge < -0.3 is 14.8 Å². The highest BCUT2D eigenvalue weighted by Gasteiger charge is 2.34. The standard InChI is InChI=1S/C28H33FN4O2/c1-19-14-24(27(34)31-9-6-11-32-12-10-30-18-32)15-20(2)26(19)33-17-22(13-21(3)28(33)35)16-23-7-4-5-8-25(23)29/h4-5,7-8,10,12,14-15,18,21-22H,6,9,11,13,16-17H2,1-3H3,(H,31,34)/t21-,22-/m1/s1. The second-order valence-electron chi connectivity index (χ2n) is 9.62. The molecule has 4 rings (SSSR count). The largest absolute Gasteiger partial charge is 0.352 e. The van der Waals surface area contributed by atoms with Crippen molar-refractivity contribution in [3.05, 3.63) is 83.2 Å². The van der Waals surface area contributed by atoms with Crippen molar-refractivity contribution in [2.24, 2.45) is 11.8 Å². The van der Waals surface area contributed by atoms with Gasteiger partial charge in [0.25, 0.3) is 5.91 Å². The maximum atomic E-state index is 14.2. The maximum absolute atomic E-state index is 14.2. The smallest absolute Gasteiger partial charge is 0.251 e. The van der Waals surface area contributed by atoms with Gasteiger partial charge in [-0.2, -0.15) is 0 Å². The predicted molar refractivity (Wildman–Crippen MR) is 135 cm³/mol. The molecule has 6 nitrogen and oxygen atoms in total. The summed E-state index contributed by atoms with van der Waals surface area (Å²) in [4.78, 5) is 31.8. The Morgan fingerprint density at radius 3 is 2.63 bits per heavy atom. The number of nitrogens with zero attached hydrogens (tertiary/aromatic N) is 3. The van der Waals surface area contributed by atoms with E-state index in [9.17, 15) is 14.0 Å². The van der Waals surface area contributed by atoms with Gasteiger partial charge in [-0.1, -0.05) is 25.1 Å². The Labute approximate surface area is 206 Å². The molecule has 1 aliphatic rings. The molecule has 0 saturated carbocycles. The van der Waals surface area contributed by atoms with Crippen LogP contribution in [0.2, 0.25) is 0 Å². The first kappa shape index (κ1) is 24.6. The lowest BCUT2D eigenvalue weighted by atomic mass is 9.84. The second-order valence-corrected chi connectivity index (χ2v) is 9.62. The highest BCUT2D eigenvalue weighted by Crippen LogP contribution is 2.34. The van der Waals surface area contributed by atoms with Crippen molar-refractivity contribution in [2.45, 2.75) is 46.6 Å². The van der Waals surface area contributed by atoms with Crippen molar-refractivity contribution in [3.8, 4) is 0 Å². The molecule has 3 aromatic rings. The van der Waals surface area contributed by atoms with Crippen molar-refractivity contribution in [2.75, 3.05) is 18.0 Å². The zero-order valence-electron chi connectivity index (χ0n) is 20.6. The van der Waals surface area contributed by atoms with E-state index in [-0.39, 0.29) is 29.5 Å². The maximum Gasteiger partial charge on any atom is 0.251 e. The number of nitrogens with one attached hydrogen (secondary N) is 1. The SMILES string of the molecule is Cc1cc(C(=O)NCCCn2ccnc2)cc(C)c1N1C[C@@H](Cc2ccccc2F)C[C@@H](C)C1=O. The number of aromatic nitrogens is 2. The number of amides is 2. The van der Waals surface area contributed by atoms with E-state index in [1.807, 2.05) is 60.7 Å². The average molecular weight is 477 g/mol. The number of imidazole rings is 1. The zero-order valence-corrected chi connectivity index (χ0v) is 20.6. The highest BCUT2D eigenvalue weighted by molar-refractivity contribution is 5.99. The molecule has 1 fully saturated rings. The third-order valence-electron chi connectivity index (χ3n) is 6.74. The van der Waals surface area contributed by atoms with Crippen molar-refractivity contribution in [1.82, 2.24) is 14.9 Å². The Morgan fingerprint density at radius 2 is 1.94 bits per heavy atom. The summed E-state index contributed by atoms with van der Waals surface area (Å²) in [5.74, 6) is -0.215. The minimum atomic E-state index is -0.198. The minimum Gasteiger partial charge on any atom is -0.352 e. The van der Waals surface area contributed by atoms with Gasteiger partial charge in [-0.05, 0) is 73.9 Å². The molecule has 2 atom stereocenters. The fraction of sp³-hybridized carbons (Fsp3) is 0.393. The van der Waals surface area contributed by atoms with E-state index >= 15 is 0 Å². The molecule has 0 radical (unpaired) electrons. The Bertz CT molecular complexity index is 1170. The Hall–Kier alpha value is -3.48. The molecule has 2 heterocycles. The number of piperidine rings is 1. The van der Waals surface area contributed by atoms with Crippen LogP contribution in [-0.2, 0) is 17.8 Å². The summed E-state index contributed by atoms with van der Waals surface area (Å²) in [6, 6.07) is 10.6. The van der Waals surface area contributed by atoms with Crippen LogP contribution in [0.25, 0.3) is 0 Å². The number of hydrogen-bond acceptors (Lipinski definition) is 3. The predicted octanol–water partition coefficient (Wildman–Crippen LogP) is 4.69. The van der Waals surface area contributed by atoms with Crippen molar-refractivity contribution >= 4 is 17.5 Å². The molecule has 7 heteroatoms. The van der Waals surface area contributed by atoms with Crippen LogP contribution in [-0.4, -0.2) is 34.5 Å². The fourth-order valence-electron chi connectivity index (χ4n) is 5.11. The summed E-state index contributed by atoms with van der Waals surface area (Å²) < 4.78 is 16.2. The van der Waals surface area contributed by atoms with Gasteiger partial charge >= 0.3 is 0 Å². The molecule has 0 bridgehead atoms. The lowest BCUT2D eigenvalue weighted by molar-refractivity contribution is -0.124. The van der Waals surface area contributed by atoms with Gasteiger partial charge in [-0.25, -0.2) is 9.37 Å². The summed E-state index contributed by atoms with van der Waals surface area (Å²) in [6.45, 7) is 7.72. The fourth-order valence-corrected chi connectivity index (χ4v) is 5.11. The zero-order chi connectivity index (χ0) is 24.9. The van der Waals surface area contributed by atoms with Gasteiger partial charge in [0.1, 0.15) is 5.82 Å². The molecule has 1 aromatic heterocycles. The second kappa shape index (κ2) is 10.8. The van der Waals surface area contributed by atoms with Crippen LogP contribution in [0, 0.1) is 31.5 Å². The minimum absolute atomic E-state index is 0.0812. The monoisotopic (exact) mass is 476 g/mol. The number of aryl methyl sites for hydroxylation is 3. The van der Waals surface area contributed by atoms with Crippen LogP contribution in [0.4, 0.5) is 10.1 Å². The van der Waals surface area contributed by atoms with E-state index in [0.29, 0.717) is 30.6 Å². The van der Waals surface area contributed by atoms with Crippen molar-refractivity contribution in [1.29, 1.82) is 0 Å². The van der Waals surface area contributed by atoms with E-state index in [4.69, 9.17) is 0 Å². The third kappa shape index (κ3) is 5.78. The van der Waals surface area contributed by atoms with Gasteiger partial charge in [0.15, 0.2) is 0 Å². The van der Waals surface area contributed by atoms with Gasteiger partial charge in [-0.3, -0.25) is 9.59 Å². The molecule has 1 saturated heterocycles. The number of carbonyl (C=O) groups excluding carboxylic acids is 2.